The third-order valence-corrected chi connectivity index (χ3v) is 5.02. The molecule has 6 nitrogen and oxygen atoms in total. The fourth-order valence-corrected chi connectivity index (χ4v) is 3.61. The predicted octanol–water partition coefficient (Wildman–Crippen LogP) is 3.78. The number of aromatic nitrogens is 2. The van der Waals surface area contributed by atoms with Crippen LogP contribution >= 0.6 is 0 Å². The summed E-state index contributed by atoms with van der Waals surface area (Å²) in [6.07, 6.45) is 0.768. The molecule has 1 aromatic carbocycles. The average molecular weight is 367 g/mol. The molecule has 1 aliphatic rings. The zero-order chi connectivity index (χ0) is 19.9. The van der Waals surface area contributed by atoms with E-state index in [1.54, 1.807) is 23.3 Å². The number of rotatable bonds is 3. The molecule has 6 heteroatoms. The van der Waals surface area contributed by atoms with Crippen molar-refractivity contribution in [3.8, 4) is 5.69 Å². The first-order chi connectivity index (χ1) is 12.6. The quantitative estimate of drug-likeness (QED) is 0.839. The summed E-state index contributed by atoms with van der Waals surface area (Å²) in [6, 6.07) is 9.32. The van der Waals surface area contributed by atoms with Crippen LogP contribution in [-0.4, -0.2) is 26.0 Å². The molecule has 1 N–H and O–H groups in total. The van der Waals surface area contributed by atoms with Gasteiger partial charge in [0.15, 0.2) is 11.5 Å². The minimum absolute atomic E-state index is 0.0504. The van der Waals surface area contributed by atoms with Gasteiger partial charge in [-0.05, 0) is 31.4 Å². The Balaban J connectivity index is 2.11. The van der Waals surface area contributed by atoms with Gasteiger partial charge in [0.05, 0.1) is 22.7 Å². The second-order valence-electron chi connectivity index (χ2n) is 7.87. The number of aliphatic imine (C=N–C) groups is 1. The molecule has 1 aromatic heterocycles. The number of nitrogens with zero attached hydrogens (tertiary/aromatic N) is 3. The Bertz CT molecular complexity index is 1020. The predicted molar refractivity (Wildman–Crippen MR) is 106 cm³/mol. The summed E-state index contributed by atoms with van der Waals surface area (Å²) < 4.78 is 3.28. The molecule has 0 saturated heterocycles. The smallest absolute Gasteiger partial charge is 0.297 e. The Labute approximate surface area is 158 Å². The summed E-state index contributed by atoms with van der Waals surface area (Å²) in [5.41, 5.74) is 1.79. The summed E-state index contributed by atoms with van der Waals surface area (Å²) in [5, 5.41) is 10.4. The van der Waals surface area contributed by atoms with E-state index in [9.17, 15) is 14.7 Å². The Morgan fingerprint density at radius 1 is 1.15 bits per heavy atom. The summed E-state index contributed by atoms with van der Waals surface area (Å²) in [5.74, 6) is -0.0866. The van der Waals surface area contributed by atoms with Crippen LogP contribution in [0.1, 0.15) is 39.3 Å². The van der Waals surface area contributed by atoms with E-state index in [0.717, 1.165) is 5.69 Å². The molecule has 1 heterocycles. The number of carbonyl (C=O) groups is 1. The maximum absolute atomic E-state index is 13.0. The Kier molecular flexibility index (Phi) is 4.68. The standard InChI is InChI=1S/C21H25N3O3/c1-13(18-16(25)11-21(3,4)12-17(18)26)22-19-14(2)23(5)24(20(19)27)15-9-7-6-8-10-15/h6-10,25H,11-12H2,1-5H3. The summed E-state index contributed by atoms with van der Waals surface area (Å²) in [6.45, 7) is 7.38. The lowest BCUT2D eigenvalue weighted by molar-refractivity contribution is -0.117. The van der Waals surface area contributed by atoms with Gasteiger partial charge in [-0.25, -0.2) is 9.67 Å². The van der Waals surface area contributed by atoms with Crippen molar-refractivity contribution in [1.82, 2.24) is 9.36 Å². The molecule has 0 aliphatic heterocycles. The number of Topliss-reactive ketones (excluding diaryl/α,β-unsaturated/α-hetero) is 1. The molecule has 27 heavy (non-hydrogen) atoms. The first-order valence-corrected chi connectivity index (χ1v) is 8.97. The lowest BCUT2D eigenvalue weighted by atomic mass is 9.76. The monoisotopic (exact) mass is 367 g/mol. The number of benzene rings is 1. The molecule has 0 spiro atoms. The summed E-state index contributed by atoms with van der Waals surface area (Å²) in [4.78, 5) is 30.0. The van der Waals surface area contributed by atoms with Crippen LogP contribution in [0.3, 0.4) is 0 Å². The molecule has 142 valence electrons. The van der Waals surface area contributed by atoms with Gasteiger partial charge in [-0.2, -0.15) is 0 Å². The van der Waals surface area contributed by atoms with Crippen LogP contribution < -0.4 is 5.56 Å². The van der Waals surface area contributed by atoms with Gasteiger partial charge in [0.25, 0.3) is 5.56 Å². The highest BCUT2D eigenvalue weighted by Crippen LogP contribution is 2.36. The number of hydrogen-bond donors (Lipinski definition) is 1. The summed E-state index contributed by atoms with van der Waals surface area (Å²) in [7, 11) is 1.79. The van der Waals surface area contributed by atoms with Crippen LogP contribution in [0.25, 0.3) is 5.69 Å². The van der Waals surface area contributed by atoms with E-state index >= 15 is 0 Å². The van der Waals surface area contributed by atoms with Gasteiger partial charge >= 0.3 is 0 Å². The zero-order valence-electron chi connectivity index (χ0n) is 16.4. The van der Waals surface area contributed by atoms with E-state index in [0.29, 0.717) is 24.2 Å². The highest BCUT2D eigenvalue weighted by Gasteiger charge is 2.34. The van der Waals surface area contributed by atoms with Crippen molar-refractivity contribution in [1.29, 1.82) is 0 Å². The van der Waals surface area contributed by atoms with E-state index in [-0.39, 0.29) is 33.8 Å². The number of aliphatic hydroxyl groups excluding tert-OH is 1. The second kappa shape index (κ2) is 6.68. The van der Waals surface area contributed by atoms with Crippen molar-refractivity contribution < 1.29 is 9.90 Å². The molecule has 2 aromatic rings. The molecule has 0 amide bonds. The molecule has 0 saturated carbocycles. The van der Waals surface area contributed by atoms with Crippen LogP contribution in [0.4, 0.5) is 5.69 Å². The SMILES string of the molecule is CC(=Nc1c(C)n(C)n(-c2ccccc2)c1=O)C1=C(O)CC(C)(C)CC1=O. The second-order valence-corrected chi connectivity index (χ2v) is 7.87. The average Bonchev–Trinajstić information content (AvgIpc) is 2.77. The van der Waals surface area contributed by atoms with Crippen LogP contribution in [0, 0.1) is 12.3 Å². The first-order valence-electron chi connectivity index (χ1n) is 8.97. The van der Waals surface area contributed by atoms with Gasteiger partial charge in [0.2, 0.25) is 0 Å². The Morgan fingerprint density at radius 2 is 1.78 bits per heavy atom. The molecule has 0 atom stereocenters. The van der Waals surface area contributed by atoms with E-state index in [4.69, 9.17) is 0 Å². The van der Waals surface area contributed by atoms with Crippen LogP contribution in [0.2, 0.25) is 0 Å². The molecule has 0 radical (unpaired) electrons. The third kappa shape index (κ3) is 3.39. The Morgan fingerprint density at radius 3 is 2.37 bits per heavy atom. The van der Waals surface area contributed by atoms with Crippen LogP contribution in [0.5, 0.6) is 0 Å². The zero-order valence-corrected chi connectivity index (χ0v) is 16.4. The lowest BCUT2D eigenvalue weighted by Crippen LogP contribution is -2.28. The fraction of sp³-hybridized carbons (Fsp3) is 0.381. The minimum Gasteiger partial charge on any atom is -0.511 e. The van der Waals surface area contributed by atoms with Gasteiger partial charge in [-0.15, -0.1) is 0 Å². The van der Waals surface area contributed by atoms with Crippen molar-refractivity contribution in [2.75, 3.05) is 0 Å². The minimum atomic E-state index is -0.270. The van der Waals surface area contributed by atoms with Gasteiger partial charge in [-0.3, -0.25) is 14.3 Å². The number of para-hydroxylation sites is 1. The maximum atomic E-state index is 13.0. The highest BCUT2D eigenvalue weighted by atomic mass is 16.3. The lowest BCUT2D eigenvalue weighted by Gasteiger charge is -2.29. The highest BCUT2D eigenvalue weighted by molar-refractivity contribution is 6.23. The normalized spacial score (nSPS) is 17.5. The largest absolute Gasteiger partial charge is 0.511 e. The third-order valence-electron chi connectivity index (χ3n) is 5.02. The molecule has 1 aliphatic carbocycles. The molecular formula is C21H25N3O3. The Hall–Kier alpha value is -2.89. The maximum Gasteiger partial charge on any atom is 0.297 e. The molecule has 0 unspecified atom stereocenters. The molecule has 0 bridgehead atoms. The van der Waals surface area contributed by atoms with Gasteiger partial charge in [-0.1, -0.05) is 32.0 Å². The molecule has 0 fully saturated rings. The van der Waals surface area contributed by atoms with E-state index in [2.05, 4.69) is 4.99 Å². The number of ketones is 1. The van der Waals surface area contributed by atoms with Crippen molar-refractivity contribution in [3.05, 3.63) is 57.7 Å². The number of hydrogen-bond acceptors (Lipinski definition) is 4. The van der Waals surface area contributed by atoms with Gasteiger partial charge in [0, 0.05) is 19.9 Å². The summed E-state index contributed by atoms with van der Waals surface area (Å²) >= 11 is 0. The van der Waals surface area contributed by atoms with E-state index < -0.39 is 0 Å². The molecular weight excluding hydrogens is 342 g/mol. The topological polar surface area (TPSA) is 76.6 Å². The van der Waals surface area contributed by atoms with E-state index in [1.165, 1.54) is 0 Å². The van der Waals surface area contributed by atoms with Crippen LogP contribution in [-0.2, 0) is 11.8 Å². The van der Waals surface area contributed by atoms with E-state index in [1.807, 2.05) is 51.1 Å². The fourth-order valence-electron chi connectivity index (χ4n) is 3.61. The van der Waals surface area contributed by atoms with Crippen molar-refractivity contribution in [3.63, 3.8) is 0 Å². The van der Waals surface area contributed by atoms with Crippen LogP contribution in [0.15, 0.2) is 51.5 Å². The van der Waals surface area contributed by atoms with Crippen molar-refractivity contribution in [2.45, 2.75) is 40.5 Å². The first kappa shape index (κ1) is 18.9. The van der Waals surface area contributed by atoms with Gasteiger partial charge in [0.1, 0.15) is 5.76 Å². The van der Waals surface area contributed by atoms with Crippen molar-refractivity contribution in [2.24, 2.45) is 17.5 Å². The van der Waals surface area contributed by atoms with Crippen molar-refractivity contribution >= 4 is 17.2 Å². The van der Waals surface area contributed by atoms with Gasteiger partial charge < -0.3 is 5.11 Å². The molecule has 3 rings (SSSR count). The number of carbonyl (C=O) groups excluding carboxylic acids is 1. The number of aliphatic hydroxyl groups is 1. The number of allylic oxidation sites excluding steroid dienone is 2.